The fourth-order valence-corrected chi connectivity index (χ4v) is 1.03. The molecule has 0 saturated heterocycles. The second-order valence-corrected chi connectivity index (χ2v) is 3.38. The Morgan fingerprint density at radius 3 is 2.54 bits per heavy atom. The van der Waals surface area contributed by atoms with Crippen LogP contribution in [0.25, 0.3) is 0 Å². The van der Waals surface area contributed by atoms with Gasteiger partial charge in [-0.1, -0.05) is 0 Å². The van der Waals surface area contributed by atoms with Gasteiger partial charge < -0.3 is 16.2 Å². The first-order valence-corrected chi connectivity index (χ1v) is 4.70. The predicted molar refractivity (Wildman–Crippen MR) is 52.1 cm³/mol. The highest BCUT2D eigenvalue weighted by molar-refractivity contribution is 5.79. The zero-order valence-corrected chi connectivity index (χ0v) is 8.51. The topological polar surface area (TPSA) is 78.3 Å². The lowest BCUT2D eigenvalue weighted by molar-refractivity contribution is -0.149. The molecule has 1 atom stereocenters. The highest BCUT2D eigenvalue weighted by Crippen LogP contribution is 2.12. The number of rotatable bonds is 6. The zero-order chi connectivity index (χ0) is 10.3. The van der Waals surface area contributed by atoms with Crippen molar-refractivity contribution in [3.63, 3.8) is 0 Å². The van der Waals surface area contributed by atoms with E-state index in [-0.39, 0.29) is 5.97 Å². The van der Waals surface area contributed by atoms with Gasteiger partial charge in [0.25, 0.3) is 0 Å². The second kappa shape index (κ2) is 5.94. The van der Waals surface area contributed by atoms with Crippen molar-refractivity contribution >= 4 is 5.97 Å². The van der Waals surface area contributed by atoms with Gasteiger partial charge in [0.15, 0.2) is 0 Å². The van der Waals surface area contributed by atoms with E-state index in [0.717, 1.165) is 12.8 Å². The van der Waals surface area contributed by atoms with Crippen molar-refractivity contribution in [1.29, 1.82) is 0 Å². The van der Waals surface area contributed by atoms with Crippen LogP contribution < -0.4 is 11.5 Å². The summed E-state index contributed by atoms with van der Waals surface area (Å²) in [4.78, 5) is 11.3. The SMILES string of the molecule is CCOC(=O)C(C)(N)CCCCN. The highest BCUT2D eigenvalue weighted by Gasteiger charge is 2.28. The Balaban J connectivity index is 3.83. The smallest absolute Gasteiger partial charge is 0.325 e. The molecule has 0 aliphatic rings. The van der Waals surface area contributed by atoms with Gasteiger partial charge in [0.05, 0.1) is 6.61 Å². The van der Waals surface area contributed by atoms with Crippen LogP contribution in [0.15, 0.2) is 0 Å². The van der Waals surface area contributed by atoms with Crippen molar-refractivity contribution < 1.29 is 9.53 Å². The van der Waals surface area contributed by atoms with Gasteiger partial charge >= 0.3 is 5.97 Å². The maximum absolute atomic E-state index is 11.3. The second-order valence-electron chi connectivity index (χ2n) is 3.38. The van der Waals surface area contributed by atoms with Crippen LogP contribution in [0.5, 0.6) is 0 Å². The van der Waals surface area contributed by atoms with Gasteiger partial charge in [-0.25, -0.2) is 0 Å². The third kappa shape index (κ3) is 4.85. The first-order chi connectivity index (χ1) is 6.04. The number of carbonyl (C=O) groups is 1. The van der Waals surface area contributed by atoms with Gasteiger partial charge in [-0.3, -0.25) is 4.79 Å². The van der Waals surface area contributed by atoms with Crippen LogP contribution in [-0.2, 0) is 9.53 Å². The minimum Gasteiger partial charge on any atom is -0.465 e. The maximum Gasteiger partial charge on any atom is 0.325 e. The molecule has 4 heteroatoms. The fraction of sp³-hybridized carbons (Fsp3) is 0.889. The van der Waals surface area contributed by atoms with Gasteiger partial charge in [0, 0.05) is 0 Å². The van der Waals surface area contributed by atoms with Crippen LogP contribution in [0.4, 0.5) is 0 Å². The number of nitrogens with two attached hydrogens (primary N) is 2. The van der Waals surface area contributed by atoms with E-state index in [1.54, 1.807) is 13.8 Å². The molecule has 0 amide bonds. The summed E-state index contributed by atoms with van der Waals surface area (Å²) >= 11 is 0. The molecule has 0 aromatic rings. The molecule has 0 bridgehead atoms. The minimum absolute atomic E-state index is 0.327. The summed E-state index contributed by atoms with van der Waals surface area (Å²) in [7, 11) is 0. The molecule has 4 N–H and O–H groups in total. The lowest BCUT2D eigenvalue weighted by Gasteiger charge is -2.21. The monoisotopic (exact) mass is 188 g/mol. The number of esters is 1. The summed E-state index contributed by atoms with van der Waals surface area (Å²) < 4.78 is 4.84. The van der Waals surface area contributed by atoms with Crippen LogP contribution in [0.3, 0.4) is 0 Å². The van der Waals surface area contributed by atoms with Crippen molar-refractivity contribution in [3.05, 3.63) is 0 Å². The number of carbonyl (C=O) groups excluding carboxylic acids is 1. The Labute approximate surface area is 79.6 Å². The standard InChI is InChI=1S/C9H20N2O2/c1-3-13-8(12)9(2,11)6-4-5-7-10/h3-7,10-11H2,1-2H3. The number of hydrogen-bond donors (Lipinski definition) is 2. The molecule has 13 heavy (non-hydrogen) atoms. The average molecular weight is 188 g/mol. The van der Waals surface area contributed by atoms with Crippen molar-refractivity contribution in [1.82, 2.24) is 0 Å². The van der Waals surface area contributed by atoms with Gasteiger partial charge in [0.1, 0.15) is 5.54 Å². The van der Waals surface area contributed by atoms with Crippen molar-refractivity contribution in [2.45, 2.75) is 38.6 Å². The normalized spacial score (nSPS) is 15.1. The molecular weight excluding hydrogens is 168 g/mol. The van der Waals surface area contributed by atoms with Crippen LogP contribution >= 0.6 is 0 Å². The summed E-state index contributed by atoms with van der Waals surface area (Å²) in [6.07, 6.45) is 2.39. The van der Waals surface area contributed by atoms with E-state index in [0.29, 0.717) is 19.6 Å². The molecule has 0 aliphatic carbocycles. The summed E-state index contributed by atoms with van der Waals surface area (Å²) in [6, 6.07) is 0. The first-order valence-electron chi connectivity index (χ1n) is 4.70. The van der Waals surface area contributed by atoms with Gasteiger partial charge in [-0.2, -0.15) is 0 Å². The van der Waals surface area contributed by atoms with E-state index in [1.165, 1.54) is 0 Å². The molecule has 0 radical (unpaired) electrons. The molecule has 0 aromatic carbocycles. The average Bonchev–Trinajstić information content (AvgIpc) is 2.05. The molecule has 4 nitrogen and oxygen atoms in total. The first kappa shape index (κ1) is 12.4. The van der Waals surface area contributed by atoms with E-state index in [2.05, 4.69) is 0 Å². The fourth-order valence-electron chi connectivity index (χ4n) is 1.03. The van der Waals surface area contributed by atoms with Crippen molar-refractivity contribution in [3.8, 4) is 0 Å². The van der Waals surface area contributed by atoms with Crippen molar-refractivity contribution in [2.24, 2.45) is 11.5 Å². The number of unbranched alkanes of at least 4 members (excludes halogenated alkanes) is 1. The van der Waals surface area contributed by atoms with E-state index < -0.39 is 5.54 Å². The summed E-state index contributed by atoms with van der Waals surface area (Å²) in [5.74, 6) is -0.327. The molecule has 0 saturated carbocycles. The molecule has 78 valence electrons. The van der Waals surface area contributed by atoms with Crippen LogP contribution in [0, 0.1) is 0 Å². The number of ether oxygens (including phenoxy) is 1. The van der Waals surface area contributed by atoms with E-state index in [1.807, 2.05) is 0 Å². The zero-order valence-electron chi connectivity index (χ0n) is 8.51. The Kier molecular flexibility index (Phi) is 5.66. The summed E-state index contributed by atoms with van der Waals surface area (Å²) in [5.41, 5.74) is 10.3. The molecule has 0 rings (SSSR count). The molecule has 0 fully saturated rings. The molecule has 0 aliphatic heterocycles. The Morgan fingerprint density at radius 1 is 1.46 bits per heavy atom. The van der Waals surface area contributed by atoms with Gasteiger partial charge in [0.2, 0.25) is 0 Å². The largest absolute Gasteiger partial charge is 0.465 e. The number of hydrogen-bond acceptors (Lipinski definition) is 4. The lowest BCUT2D eigenvalue weighted by atomic mass is 9.96. The Bertz CT molecular complexity index is 158. The van der Waals surface area contributed by atoms with Crippen LogP contribution in [-0.4, -0.2) is 24.7 Å². The third-order valence-electron chi connectivity index (χ3n) is 1.89. The molecular formula is C9H20N2O2. The molecule has 0 heterocycles. The quantitative estimate of drug-likeness (QED) is 0.467. The van der Waals surface area contributed by atoms with E-state index in [9.17, 15) is 4.79 Å². The Hall–Kier alpha value is -0.610. The van der Waals surface area contributed by atoms with Crippen LogP contribution in [0.1, 0.15) is 33.1 Å². The summed E-state index contributed by atoms with van der Waals surface area (Å²) in [6.45, 7) is 4.48. The predicted octanol–water partition coefficient (Wildman–Crippen LogP) is 0.396. The van der Waals surface area contributed by atoms with Gasteiger partial charge in [-0.05, 0) is 39.7 Å². The lowest BCUT2D eigenvalue weighted by Crippen LogP contribution is -2.46. The van der Waals surface area contributed by atoms with E-state index in [4.69, 9.17) is 16.2 Å². The third-order valence-corrected chi connectivity index (χ3v) is 1.89. The molecule has 0 aromatic heterocycles. The maximum atomic E-state index is 11.3. The van der Waals surface area contributed by atoms with E-state index >= 15 is 0 Å². The minimum atomic E-state index is -0.856. The highest BCUT2D eigenvalue weighted by atomic mass is 16.5. The van der Waals surface area contributed by atoms with Crippen LogP contribution in [0.2, 0.25) is 0 Å². The molecule has 0 spiro atoms. The van der Waals surface area contributed by atoms with Crippen molar-refractivity contribution in [2.75, 3.05) is 13.2 Å². The Morgan fingerprint density at radius 2 is 2.08 bits per heavy atom. The summed E-state index contributed by atoms with van der Waals surface area (Å²) in [5, 5.41) is 0. The molecule has 1 unspecified atom stereocenters. The van der Waals surface area contributed by atoms with Gasteiger partial charge in [-0.15, -0.1) is 0 Å².